The maximum Gasteiger partial charge on any atom is 0.0695 e. The first-order valence-corrected chi connectivity index (χ1v) is 5.84. The highest BCUT2D eigenvalue weighted by molar-refractivity contribution is 5.00. The number of rotatable bonds is 5. The van der Waals surface area contributed by atoms with Crippen LogP contribution in [0.1, 0.15) is 25.7 Å². The van der Waals surface area contributed by atoms with Crippen LogP contribution in [0.5, 0.6) is 0 Å². The molecule has 2 atom stereocenters. The lowest BCUT2D eigenvalue weighted by Crippen LogP contribution is -2.44. The number of likely N-dealkylation sites (N-methyl/N-ethyl adjacent to an activating group) is 2. The number of hydrogen-bond donors (Lipinski definition) is 2. The van der Waals surface area contributed by atoms with E-state index in [0.717, 1.165) is 25.9 Å². The lowest BCUT2D eigenvalue weighted by atomic mass is 9.91. The summed E-state index contributed by atoms with van der Waals surface area (Å²) in [6, 6.07) is 0.326. The molecule has 2 unspecified atom stereocenters. The minimum Gasteiger partial charge on any atom is -0.391 e. The Hall–Kier alpha value is -0.380. The van der Waals surface area contributed by atoms with Crippen LogP contribution in [0.25, 0.3) is 0 Å². The van der Waals surface area contributed by atoms with Gasteiger partial charge in [-0.2, -0.15) is 0 Å². The summed E-state index contributed by atoms with van der Waals surface area (Å²) in [5.74, 6) is 0. The van der Waals surface area contributed by atoms with Crippen molar-refractivity contribution < 1.29 is 5.11 Å². The fraction of sp³-hybridized carbons (Fsp3) is 0.833. The standard InChI is InChI=1S/C12H24N2O/c1-10(8-13-2)9-14(3)11-6-4-5-7-12(11)15/h11-13,15H,1,4-9H2,2-3H3. The van der Waals surface area contributed by atoms with Crippen LogP contribution in [0.3, 0.4) is 0 Å². The first-order valence-electron chi connectivity index (χ1n) is 5.84. The predicted molar refractivity (Wildman–Crippen MR) is 64.0 cm³/mol. The van der Waals surface area contributed by atoms with Crippen molar-refractivity contribution in [2.24, 2.45) is 0 Å². The number of nitrogens with zero attached hydrogens (tertiary/aromatic N) is 1. The molecule has 0 aromatic carbocycles. The van der Waals surface area contributed by atoms with Gasteiger partial charge in [0.2, 0.25) is 0 Å². The van der Waals surface area contributed by atoms with Gasteiger partial charge in [-0.05, 0) is 32.5 Å². The highest BCUT2D eigenvalue weighted by Crippen LogP contribution is 2.22. The van der Waals surface area contributed by atoms with E-state index in [0.29, 0.717) is 6.04 Å². The molecule has 3 nitrogen and oxygen atoms in total. The van der Waals surface area contributed by atoms with Gasteiger partial charge in [-0.3, -0.25) is 4.90 Å². The molecule has 0 heterocycles. The summed E-state index contributed by atoms with van der Waals surface area (Å²) in [6.07, 6.45) is 4.33. The summed E-state index contributed by atoms with van der Waals surface area (Å²) in [5.41, 5.74) is 1.18. The molecule has 0 radical (unpaired) electrons. The summed E-state index contributed by atoms with van der Waals surface area (Å²) < 4.78 is 0. The minimum absolute atomic E-state index is 0.147. The van der Waals surface area contributed by atoms with Crippen molar-refractivity contribution in [3.05, 3.63) is 12.2 Å². The molecule has 0 aliphatic heterocycles. The van der Waals surface area contributed by atoms with Gasteiger partial charge in [0.05, 0.1) is 6.10 Å². The Kier molecular flexibility index (Phi) is 5.29. The number of aliphatic hydroxyl groups is 1. The van der Waals surface area contributed by atoms with Crippen molar-refractivity contribution in [3.63, 3.8) is 0 Å². The van der Waals surface area contributed by atoms with Gasteiger partial charge in [0.15, 0.2) is 0 Å². The Labute approximate surface area is 93.2 Å². The van der Waals surface area contributed by atoms with E-state index in [2.05, 4.69) is 23.8 Å². The Bertz CT molecular complexity index is 206. The second-order valence-corrected chi connectivity index (χ2v) is 4.61. The predicted octanol–water partition coefficient (Wildman–Crippen LogP) is 0.997. The highest BCUT2D eigenvalue weighted by atomic mass is 16.3. The van der Waals surface area contributed by atoms with E-state index >= 15 is 0 Å². The molecule has 0 saturated heterocycles. The van der Waals surface area contributed by atoms with Crippen LogP contribution in [0.2, 0.25) is 0 Å². The van der Waals surface area contributed by atoms with Gasteiger partial charge >= 0.3 is 0 Å². The fourth-order valence-corrected chi connectivity index (χ4v) is 2.38. The zero-order valence-electron chi connectivity index (χ0n) is 10.00. The smallest absolute Gasteiger partial charge is 0.0695 e. The summed E-state index contributed by atoms with van der Waals surface area (Å²) in [6.45, 7) is 5.75. The molecule has 0 aromatic rings. The van der Waals surface area contributed by atoms with Crippen LogP contribution in [-0.4, -0.2) is 49.3 Å². The quantitative estimate of drug-likeness (QED) is 0.667. The van der Waals surface area contributed by atoms with E-state index in [4.69, 9.17) is 0 Å². The molecule has 0 aromatic heterocycles. The molecule has 1 aliphatic rings. The molecule has 1 rings (SSSR count). The van der Waals surface area contributed by atoms with Gasteiger partial charge in [0.1, 0.15) is 0 Å². The second kappa shape index (κ2) is 6.26. The van der Waals surface area contributed by atoms with Crippen LogP contribution >= 0.6 is 0 Å². The Morgan fingerprint density at radius 3 is 2.73 bits per heavy atom. The molecule has 1 saturated carbocycles. The van der Waals surface area contributed by atoms with Gasteiger partial charge in [-0.15, -0.1) is 0 Å². The zero-order chi connectivity index (χ0) is 11.3. The molecule has 0 bridgehead atoms. The summed E-state index contributed by atoms with van der Waals surface area (Å²) in [5, 5.41) is 13.0. The summed E-state index contributed by atoms with van der Waals surface area (Å²) in [7, 11) is 4.01. The molecule has 2 N–H and O–H groups in total. The van der Waals surface area contributed by atoms with Crippen molar-refractivity contribution in [2.75, 3.05) is 27.2 Å². The third-order valence-corrected chi connectivity index (χ3v) is 3.16. The Morgan fingerprint density at radius 2 is 2.13 bits per heavy atom. The second-order valence-electron chi connectivity index (χ2n) is 4.61. The number of hydrogen-bond acceptors (Lipinski definition) is 3. The first kappa shape index (κ1) is 12.7. The molecule has 3 heteroatoms. The van der Waals surface area contributed by atoms with E-state index in [9.17, 15) is 5.11 Å². The minimum atomic E-state index is -0.147. The third-order valence-electron chi connectivity index (χ3n) is 3.16. The molecule has 88 valence electrons. The average Bonchev–Trinajstić information content (AvgIpc) is 2.18. The van der Waals surface area contributed by atoms with Crippen LogP contribution in [0.15, 0.2) is 12.2 Å². The molecule has 15 heavy (non-hydrogen) atoms. The van der Waals surface area contributed by atoms with E-state index in [1.807, 2.05) is 7.05 Å². The van der Waals surface area contributed by atoms with Gasteiger partial charge in [-0.25, -0.2) is 0 Å². The monoisotopic (exact) mass is 212 g/mol. The van der Waals surface area contributed by atoms with Crippen LogP contribution in [0.4, 0.5) is 0 Å². The summed E-state index contributed by atoms with van der Waals surface area (Å²) >= 11 is 0. The van der Waals surface area contributed by atoms with Crippen LogP contribution in [-0.2, 0) is 0 Å². The van der Waals surface area contributed by atoms with Crippen molar-refractivity contribution in [1.29, 1.82) is 0 Å². The maximum atomic E-state index is 9.90. The highest BCUT2D eigenvalue weighted by Gasteiger charge is 2.26. The van der Waals surface area contributed by atoms with Crippen LogP contribution < -0.4 is 5.32 Å². The topological polar surface area (TPSA) is 35.5 Å². The summed E-state index contributed by atoms with van der Waals surface area (Å²) in [4.78, 5) is 2.24. The third kappa shape index (κ3) is 3.93. The van der Waals surface area contributed by atoms with Gasteiger partial charge < -0.3 is 10.4 Å². The Balaban J connectivity index is 2.37. The van der Waals surface area contributed by atoms with Crippen LogP contribution in [0, 0.1) is 0 Å². The van der Waals surface area contributed by atoms with Crippen molar-refractivity contribution >= 4 is 0 Å². The van der Waals surface area contributed by atoms with Gasteiger partial charge in [0, 0.05) is 19.1 Å². The molecule has 0 spiro atoms. The van der Waals surface area contributed by atoms with E-state index < -0.39 is 0 Å². The van der Waals surface area contributed by atoms with Gasteiger partial charge in [0.25, 0.3) is 0 Å². The van der Waals surface area contributed by atoms with Crippen molar-refractivity contribution in [2.45, 2.75) is 37.8 Å². The Morgan fingerprint density at radius 1 is 1.47 bits per heavy atom. The van der Waals surface area contributed by atoms with Crippen molar-refractivity contribution in [1.82, 2.24) is 10.2 Å². The fourth-order valence-electron chi connectivity index (χ4n) is 2.38. The molecule has 1 aliphatic carbocycles. The van der Waals surface area contributed by atoms with Crippen molar-refractivity contribution in [3.8, 4) is 0 Å². The molecule has 0 amide bonds. The van der Waals surface area contributed by atoms with Gasteiger partial charge in [-0.1, -0.05) is 19.4 Å². The average molecular weight is 212 g/mol. The zero-order valence-corrected chi connectivity index (χ0v) is 10.00. The first-order chi connectivity index (χ1) is 7.15. The van der Waals surface area contributed by atoms with E-state index in [-0.39, 0.29) is 6.10 Å². The van der Waals surface area contributed by atoms with E-state index in [1.54, 1.807) is 0 Å². The normalized spacial score (nSPS) is 26.9. The maximum absolute atomic E-state index is 9.90. The molecular weight excluding hydrogens is 188 g/mol. The SMILES string of the molecule is C=C(CNC)CN(C)C1CCCCC1O. The lowest BCUT2D eigenvalue weighted by molar-refractivity contribution is 0.0361. The number of aliphatic hydroxyl groups excluding tert-OH is 1. The number of nitrogens with one attached hydrogen (secondary N) is 1. The largest absolute Gasteiger partial charge is 0.391 e. The molecular formula is C12H24N2O. The lowest BCUT2D eigenvalue weighted by Gasteiger charge is -2.35. The molecule has 1 fully saturated rings. The van der Waals surface area contributed by atoms with E-state index in [1.165, 1.54) is 18.4 Å².